The molecule has 18 heavy (non-hydrogen) atoms. The number of nitrogens with zero attached hydrogens (tertiary/aromatic N) is 2. The van der Waals surface area contributed by atoms with E-state index in [0.29, 0.717) is 0 Å². The van der Waals surface area contributed by atoms with E-state index >= 15 is 0 Å². The van der Waals surface area contributed by atoms with Gasteiger partial charge in [0, 0.05) is 25.7 Å². The fraction of sp³-hybridized carbons (Fsp3) is 0.800. The number of rotatable bonds is 3. The van der Waals surface area contributed by atoms with Gasteiger partial charge in [-0.25, -0.2) is 0 Å². The summed E-state index contributed by atoms with van der Waals surface area (Å²) in [5, 5.41) is 0. The van der Waals surface area contributed by atoms with Crippen LogP contribution in [-0.2, 0) is 4.79 Å². The van der Waals surface area contributed by atoms with Crippen LogP contribution in [0.4, 0.5) is 0 Å². The van der Waals surface area contributed by atoms with Crippen LogP contribution in [0.3, 0.4) is 0 Å². The van der Waals surface area contributed by atoms with E-state index in [1.807, 2.05) is 18.7 Å². The molecule has 0 aliphatic carbocycles. The van der Waals surface area contributed by atoms with Crippen LogP contribution in [0, 0.1) is 5.92 Å². The minimum atomic E-state index is 0.203. The summed E-state index contributed by atoms with van der Waals surface area (Å²) in [4.78, 5) is 16.5. The summed E-state index contributed by atoms with van der Waals surface area (Å²) in [6.07, 6.45) is 6.87. The quantitative estimate of drug-likeness (QED) is 0.718. The van der Waals surface area contributed by atoms with Crippen molar-refractivity contribution >= 4 is 5.91 Å². The van der Waals surface area contributed by atoms with Crippen LogP contribution in [-0.4, -0.2) is 48.4 Å². The van der Waals surface area contributed by atoms with Gasteiger partial charge in [0.2, 0.25) is 5.91 Å². The molecule has 3 nitrogen and oxygen atoms in total. The van der Waals surface area contributed by atoms with E-state index in [1.54, 1.807) is 6.08 Å². The molecule has 0 aromatic carbocycles. The Hall–Kier alpha value is -0.830. The van der Waals surface area contributed by atoms with Crippen molar-refractivity contribution < 1.29 is 4.79 Å². The van der Waals surface area contributed by atoms with E-state index in [9.17, 15) is 4.79 Å². The molecule has 0 N–H and O–H groups in total. The van der Waals surface area contributed by atoms with E-state index in [0.717, 1.165) is 24.6 Å². The molecule has 0 unspecified atom stereocenters. The number of piperidine rings is 1. The minimum absolute atomic E-state index is 0.203. The lowest BCUT2D eigenvalue weighted by Gasteiger charge is -2.33. The number of carbonyl (C=O) groups is 1. The number of likely N-dealkylation sites (tertiary alicyclic amines) is 2. The molecule has 0 aromatic rings. The number of amides is 1. The van der Waals surface area contributed by atoms with E-state index in [1.165, 1.54) is 45.3 Å². The SMILES string of the molecule is CC(C)=CC(=O)N1CCC(CN2CCCC2)CC1. The zero-order chi connectivity index (χ0) is 13.0. The first-order chi connectivity index (χ1) is 8.65. The fourth-order valence-corrected chi connectivity index (χ4v) is 3.00. The maximum absolute atomic E-state index is 11.9. The van der Waals surface area contributed by atoms with Crippen molar-refractivity contribution in [2.75, 3.05) is 32.7 Å². The van der Waals surface area contributed by atoms with Crippen molar-refractivity contribution in [1.82, 2.24) is 9.80 Å². The first-order valence-electron chi connectivity index (χ1n) is 7.31. The van der Waals surface area contributed by atoms with E-state index in [-0.39, 0.29) is 5.91 Å². The van der Waals surface area contributed by atoms with Crippen LogP contribution < -0.4 is 0 Å². The predicted octanol–water partition coefficient (Wildman–Crippen LogP) is 2.29. The lowest BCUT2D eigenvalue weighted by Crippen LogP contribution is -2.40. The van der Waals surface area contributed by atoms with Crippen molar-refractivity contribution in [2.24, 2.45) is 5.92 Å². The Balaban J connectivity index is 1.73. The van der Waals surface area contributed by atoms with Gasteiger partial charge in [0.25, 0.3) is 0 Å². The summed E-state index contributed by atoms with van der Waals surface area (Å²) in [7, 11) is 0. The average molecular weight is 250 g/mol. The summed E-state index contributed by atoms with van der Waals surface area (Å²) in [6, 6.07) is 0. The zero-order valence-corrected chi connectivity index (χ0v) is 11.8. The Morgan fingerprint density at radius 3 is 2.28 bits per heavy atom. The van der Waals surface area contributed by atoms with Crippen molar-refractivity contribution in [3.8, 4) is 0 Å². The summed E-state index contributed by atoms with van der Waals surface area (Å²) in [6.45, 7) is 9.69. The first-order valence-corrected chi connectivity index (χ1v) is 7.31. The summed E-state index contributed by atoms with van der Waals surface area (Å²) < 4.78 is 0. The molecule has 0 atom stereocenters. The van der Waals surface area contributed by atoms with Gasteiger partial charge >= 0.3 is 0 Å². The Bertz CT molecular complexity index is 306. The lowest BCUT2D eigenvalue weighted by atomic mass is 9.96. The molecule has 102 valence electrons. The van der Waals surface area contributed by atoms with Crippen molar-refractivity contribution in [2.45, 2.75) is 39.5 Å². The predicted molar refractivity (Wildman–Crippen MR) is 74.4 cm³/mol. The van der Waals surface area contributed by atoms with Crippen LogP contribution >= 0.6 is 0 Å². The van der Waals surface area contributed by atoms with Gasteiger partial charge in [0.1, 0.15) is 0 Å². The second-order valence-corrected chi connectivity index (χ2v) is 6.00. The molecule has 0 spiro atoms. The summed E-state index contributed by atoms with van der Waals surface area (Å²) in [5.41, 5.74) is 1.10. The highest BCUT2D eigenvalue weighted by Crippen LogP contribution is 2.20. The molecule has 1 amide bonds. The molecule has 0 saturated carbocycles. The van der Waals surface area contributed by atoms with Crippen LogP contribution in [0.1, 0.15) is 39.5 Å². The summed E-state index contributed by atoms with van der Waals surface area (Å²) in [5.74, 6) is 1.01. The molecule has 0 aromatic heterocycles. The van der Waals surface area contributed by atoms with Gasteiger partial charge < -0.3 is 9.80 Å². The summed E-state index contributed by atoms with van der Waals surface area (Å²) >= 11 is 0. The topological polar surface area (TPSA) is 23.6 Å². The second kappa shape index (κ2) is 6.37. The molecular formula is C15H26N2O. The minimum Gasteiger partial charge on any atom is -0.339 e. The highest BCUT2D eigenvalue weighted by molar-refractivity contribution is 5.88. The zero-order valence-electron chi connectivity index (χ0n) is 11.8. The highest BCUT2D eigenvalue weighted by atomic mass is 16.2. The normalized spacial score (nSPS) is 22.2. The van der Waals surface area contributed by atoms with Crippen molar-refractivity contribution in [3.05, 3.63) is 11.6 Å². The van der Waals surface area contributed by atoms with Gasteiger partial charge in [0.15, 0.2) is 0 Å². The number of carbonyl (C=O) groups excluding carboxylic acids is 1. The molecule has 3 heteroatoms. The van der Waals surface area contributed by atoms with Crippen LogP contribution in [0.5, 0.6) is 0 Å². The Morgan fingerprint density at radius 2 is 1.72 bits per heavy atom. The van der Waals surface area contributed by atoms with Gasteiger partial charge in [-0.15, -0.1) is 0 Å². The Morgan fingerprint density at radius 1 is 1.11 bits per heavy atom. The van der Waals surface area contributed by atoms with Crippen LogP contribution in [0.15, 0.2) is 11.6 Å². The second-order valence-electron chi connectivity index (χ2n) is 6.00. The number of hydrogen-bond acceptors (Lipinski definition) is 2. The van der Waals surface area contributed by atoms with Gasteiger partial charge in [-0.2, -0.15) is 0 Å². The van der Waals surface area contributed by atoms with Gasteiger partial charge in [-0.3, -0.25) is 4.79 Å². The molecule has 2 rings (SSSR count). The number of allylic oxidation sites excluding steroid dienone is 1. The van der Waals surface area contributed by atoms with Crippen LogP contribution in [0.2, 0.25) is 0 Å². The van der Waals surface area contributed by atoms with Crippen molar-refractivity contribution in [1.29, 1.82) is 0 Å². The molecule has 2 fully saturated rings. The van der Waals surface area contributed by atoms with E-state index in [4.69, 9.17) is 0 Å². The smallest absolute Gasteiger partial charge is 0.246 e. The first kappa shape index (κ1) is 13.6. The third kappa shape index (κ3) is 3.84. The standard InChI is InChI=1S/C15H26N2O/c1-13(2)11-15(18)17-9-5-14(6-10-17)12-16-7-3-4-8-16/h11,14H,3-10,12H2,1-2H3. The third-order valence-electron chi connectivity index (χ3n) is 4.05. The van der Waals surface area contributed by atoms with Crippen molar-refractivity contribution in [3.63, 3.8) is 0 Å². The molecular weight excluding hydrogens is 224 g/mol. The highest BCUT2D eigenvalue weighted by Gasteiger charge is 2.24. The Labute approximate surface area is 111 Å². The molecule has 0 radical (unpaired) electrons. The third-order valence-corrected chi connectivity index (χ3v) is 4.05. The van der Waals surface area contributed by atoms with Gasteiger partial charge in [-0.1, -0.05) is 5.57 Å². The maximum Gasteiger partial charge on any atom is 0.246 e. The maximum atomic E-state index is 11.9. The van der Waals surface area contributed by atoms with Gasteiger partial charge in [0.05, 0.1) is 0 Å². The molecule has 2 heterocycles. The molecule has 2 aliphatic heterocycles. The monoisotopic (exact) mass is 250 g/mol. The van der Waals surface area contributed by atoms with Crippen LogP contribution in [0.25, 0.3) is 0 Å². The lowest BCUT2D eigenvalue weighted by molar-refractivity contribution is -0.127. The van der Waals surface area contributed by atoms with E-state index < -0.39 is 0 Å². The van der Waals surface area contributed by atoms with Gasteiger partial charge in [-0.05, 0) is 58.5 Å². The molecule has 0 bridgehead atoms. The fourth-order valence-electron chi connectivity index (χ4n) is 3.00. The average Bonchev–Trinajstić information content (AvgIpc) is 2.82. The Kier molecular flexibility index (Phi) is 4.81. The molecule has 2 aliphatic rings. The molecule has 2 saturated heterocycles. The number of hydrogen-bond donors (Lipinski definition) is 0. The van der Waals surface area contributed by atoms with E-state index in [2.05, 4.69) is 4.90 Å². The largest absolute Gasteiger partial charge is 0.339 e.